The van der Waals surface area contributed by atoms with E-state index >= 15 is 0 Å². The molecule has 78 valence electrons. The van der Waals surface area contributed by atoms with E-state index in [2.05, 4.69) is 0 Å². The lowest BCUT2D eigenvalue weighted by atomic mass is 10.00. The third kappa shape index (κ3) is 1.42. The molecule has 0 aliphatic heterocycles. The summed E-state index contributed by atoms with van der Waals surface area (Å²) in [6, 6.07) is 0. The molecule has 0 saturated heterocycles. The minimum absolute atomic E-state index is 0.332. The molecular formula is C9H9F4N. The van der Waals surface area contributed by atoms with Gasteiger partial charge in [0.25, 0.3) is 0 Å². The average molecular weight is 207 g/mol. The first-order valence-corrected chi connectivity index (χ1v) is 3.99. The quantitative estimate of drug-likeness (QED) is 0.326. The topological polar surface area (TPSA) is 26.0 Å². The average Bonchev–Trinajstić information content (AvgIpc) is 2.11. The number of hydrogen-bond acceptors (Lipinski definition) is 1. The van der Waals surface area contributed by atoms with Gasteiger partial charge in [-0.05, 0) is 5.92 Å². The van der Waals surface area contributed by atoms with Crippen LogP contribution in [0.25, 0.3) is 0 Å². The van der Waals surface area contributed by atoms with Crippen LogP contribution in [0.15, 0.2) is 0 Å². The molecule has 0 aliphatic rings. The standard InChI is InChI=1S/C9H9F4N/c1-3(2)4-5(10)6(11)7(12)8(13)9(4)14/h3H,14H2,1-2H3. The molecule has 0 aliphatic carbocycles. The third-order valence-corrected chi connectivity index (χ3v) is 1.92. The van der Waals surface area contributed by atoms with Crippen molar-refractivity contribution in [3.63, 3.8) is 0 Å². The van der Waals surface area contributed by atoms with Gasteiger partial charge in [0.15, 0.2) is 23.3 Å². The highest BCUT2D eigenvalue weighted by Gasteiger charge is 2.24. The Morgan fingerprint density at radius 2 is 1.29 bits per heavy atom. The Labute approximate surface area is 78.5 Å². The van der Waals surface area contributed by atoms with Crippen LogP contribution in [-0.2, 0) is 0 Å². The summed E-state index contributed by atoms with van der Waals surface area (Å²) in [6.45, 7) is 3.01. The predicted molar refractivity (Wildman–Crippen MR) is 44.8 cm³/mol. The Bertz CT molecular complexity index is 345. The minimum Gasteiger partial charge on any atom is -0.396 e. The van der Waals surface area contributed by atoms with E-state index < -0.39 is 34.9 Å². The summed E-state index contributed by atoms with van der Waals surface area (Å²) in [5.74, 6) is -7.16. The number of anilines is 1. The molecule has 1 aromatic carbocycles. The molecule has 2 N–H and O–H groups in total. The van der Waals surface area contributed by atoms with E-state index in [0.717, 1.165) is 0 Å². The molecule has 14 heavy (non-hydrogen) atoms. The summed E-state index contributed by atoms with van der Waals surface area (Å²) in [6.07, 6.45) is 0. The van der Waals surface area contributed by atoms with Gasteiger partial charge in [-0.25, -0.2) is 17.6 Å². The fourth-order valence-corrected chi connectivity index (χ4v) is 1.23. The molecule has 0 atom stereocenters. The van der Waals surface area contributed by atoms with Crippen molar-refractivity contribution in [2.45, 2.75) is 19.8 Å². The Morgan fingerprint density at radius 1 is 0.857 bits per heavy atom. The first kappa shape index (κ1) is 10.8. The van der Waals surface area contributed by atoms with Crippen molar-refractivity contribution >= 4 is 5.69 Å². The number of benzene rings is 1. The lowest BCUT2D eigenvalue weighted by Crippen LogP contribution is -2.09. The summed E-state index contributed by atoms with van der Waals surface area (Å²) >= 11 is 0. The van der Waals surface area contributed by atoms with Crippen LogP contribution in [0.4, 0.5) is 23.2 Å². The minimum atomic E-state index is -1.87. The molecule has 1 aromatic rings. The second-order valence-electron chi connectivity index (χ2n) is 3.24. The van der Waals surface area contributed by atoms with Gasteiger partial charge in [-0.15, -0.1) is 0 Å². The third-order valence-electron chi connectivity index (χ3n) is 1.92. The second-order valence-corrected chi connectivity index (χ2v) is 3.24. The largest absolute Gasteiger partial charge is 0.396 e. The molecular weight excluding hydrogens is 198 g/mol. The van der Waals surface area contributed by atoms with Crippen molar-refractivity contribution in [2.75, 3.05) is 5.73 Å². The Hall–Kier alpha value is -1.26. The fourth-order valence-electron chi connectivity index (χ4n) is 1.23. The van der Waals surface area contributed by atoms with Crippen molar-refractivity contribution in [3.05, 3.63) is 28.8 Å². The van der Waals surface area contributed by atoms with E-state index in [1.807, 2.05) is 0 Å². The number of halogens is 4. The van der Waals surface area contributed by atoms with Crippen molar-refractivity contribution < 1.29 is 17.6 Å². The molecule has 0 radical (unpaired) electrons. The lowest BCUT2D eigenvalue weighted by molar-refractivity contribution is 0.404. The van der Waals surface area contributed by atoms with Gasteiger partial charge in [-0.1, -0.05) is 13.8 Å². The summed E-state index contributed by atoms with van der Waals surface area (Å²) in [7, 11) is 0. The van der Waals surface area contributed by atoms with Crippen LogP contribution in [0.2, 0.25) is 0 Å². The van der Waals surface area contributed by atoms with Gasteiger partial charge in [-0.3, -0.25) is 0 Å². The molecule has 0 aromatic heterocycles. The summed E-state index contributed by atoms with van der Waals surface area (Å²) in [4.78, 5) is 0. The van der Waals surface area contributed by atoms with Gasteiger partial charge in [0, 0.05) is 5.56 Å². The summed E-state index contributed by atoms with van der Waals surface area (Å²) < 4.78 is 51.4. The molecule has 1 nitrogen and oxygen atoms in total. The van der Waals surface area contributed by atoms with Crippen LogP contribution >= 0.6 is 0 Å². The Morgan fingerprint density at radius 3 is 1.71 bits per heavy atom. The van der Waals surface area contributed by atoms with E-state index in [1.54, 1.807) is 0 Å². The highest BCUT2D eigenvalue weighted by atomic mass is 19.2. The van der Waals surface area contributed by atoms with Crippen molar-refractivity contribution in [3.8, 4) is 0 Å². The zero-order chi connectivity index (χ0) is 11.0. The van der Waals surface area contributed by atoms with E-state index in [1.165, 1.54) is 13.8 Å². The van der Waals surface area contributed by atoms with Crippen LogP contribution in [-0.4, -0.2) is 0 Å². The first-order chi connectivity index (χ1) is 6.37. The SMILES string of the molecule is CC(C)c1c(N)c(F)c(F)c(F)c1F. The molecule has 0 saturated carbocycles. The highest BCUT2D eigenvalue weighted by Crippen LogP contribution is 2.31. The maximum Gasteiger partial charge on any atom is 0.199 e. The van der Waals surface area contributed by atoms with Crippen LogP contribution < -0.4 is 5.73 Å². The van der Waals surface area contributed by atoms with E-state index in [9.17, 15) is 17.6 Å². The van der Waals surface area contributed by atoms with Gasteiger partial charge in [-0.2, -0.15) is 0 Å². The molecule has 0 bridgehead atoms. The monoisotopic (exact) mass is 207 g/mol. The van der Waals surface area contributed by atoms with Gasteiger partial charge in [0.1, 0.15) is 0 Å². The smallest absolute Gasteiger partial charge is 0.199 e. The lowest BCUT2D eigenvalue weighted by Gasteiger charge is -2.12. The molecule has 0 amide bonds. The maximum absolute atomic E-state index is 13.1. The van der Waals surface area contributed by atoms with Gasteiger partial charge in [0.2, 0.25) is 0 Å². The number of hydrogen-bond donors (Lipinski definition) is 1. The molecule has 0 fully saturated rings. The maximum atomic E-state index is 13.1. The summed E-state index contributed by atoms with van der Waals surface area (Å²) in [5, 5.41) is 0. The predicted octanol–water partition coefficient (Wildman–Crippen LogP) is 2.95. The fraction of sp³-hybridized carbons (Fsp3) is 0.333. The normalized spacial score (nSPS) is 11.1. The van der Waals surface area contributed by atoms with E-state index in [4.69, 9.17) is 5.73 Å². The zero-order valence-electron chi connectivity index (χ0n) is 7.67. The second kappa shape index (κ2) is 3.48. The summed E-state index contributed by atoms with van der Waals surface area (Å²) in [5.41, 5.74) is 4.13. The molecule has 1 rings (SSSR count). The van der Waals surface area contributed by atoms with E-state index in [-0.39, 0.29) is 5.56 Å². The highest BCUT2D eigenvalue weighted by molar-refractivity contribution is 5.51. The van der Waals surface area contributed by atoms with Crippen LogP contribution in [0, 0.1) is 23.3 Å². The molecule has 0 spiro atoms. The van der Waals surface area contributed by atoms with E-state index in [0.29, 0.717) is 0 Å². The van der Waals surface area contributed by atoms with Gasteiger partial charge < -0.3 is 5.73 Å². The van der Waals surface area contributed by atoms with Gasteiger partial charge in [0.05, 0.1) is 5.69 Å². The number of rotatable bonds is 1. The number of nitrogens with two attached hydrogens (primary N) is 1. The molecule has 0 unspecified atom stereocenters. The number of nitrogen functional groups attached to an aromatic ring is 1. The van der Waals surface area contributed by atoms with Crippen molar-refractivity contribution in [1.82, 2.24) is 0 Å². The molecule has 5 heteroatoms. The van der Waals surface area contributed by atoms with Crippen LogP contribution in [0.3, 0.4) is 0 Å². The molecule has 0 heterocycles. The van der Waals surface area contributed by atoms with Crippen molar-refractivity contribution in [1.29, 1.82) is 0 Å². The Kier molecular flexibility index (Phi) is 2.69. The van der Waals surface area contributed by atoms with Crippen LogP contribution in [0.5, 0.6) is 0 Å². The van der Waals surface area contributed by atoms with Crippen molar-refractivity contribution in [2.24, 2.45) is 0 Å². The van der Waals surface area contributed by atoms with Gasteiger partial charge >= 0.3 is 0 Å². The zero-order valence-corrected chi connectivity index (χ0v) is 7.67. The Balaban J connectivity index is 3.60. The van der Waals surface area contributed by atoms with Crippen LogP contribution in [0.1, 0.15) is 25.3 Å². The first-order valence-electron chi connectivity index (χ1n) is 3.99.